The van der Waals surface area contributed by atoms with Gasteiger partial charge in [0.2, 0.25) is 0 Å². The Morgan fingerprint density at radius 2 is 1.95 bits per heavy atom. The van der Waals surface area contributed by atoms with Crippen LogP contribution in [0.1, 0.15) is 35.6 Å². The van der Waals surface area contributed by atoms with Gasteiger partial charge in [0.25, 0.3) is 0 Å². The number of benzene rings is 1. The van der Waals surface area contributed by atoms with Crippen molar-refractivity contribution < 1.29 is 9.90 Å². The third-order valence-corrected chi connectivity index (χ3v) is 4.45. The van der Waals surface area contributed by atoms with Crippen molar-refractivity contribution in [3.05, 3.63) is 34.9 Å². The maximum atomic E-state index is 11.3. The van der Waals surface area contributed by atoms with Gasteiger partial charge >= 0.3 is 5.97 Å². The number of alkyl halides is 1. The van der Waals surface area contributed by atoms with Gasteiger partial charge in [0.1, 0.15) is 11.4 Å². The van der Waals surface area contributed by atoms with Crippen molar-refractivity contribution >= 4 is 17.6 Å². The van der Waals surface area contributed by atoms with Gasteiger partial charge < -0.3 is 5.11 Å². The Balaban J connectivity index is 1.91. The zero-order valence-corrected chi connectivity index (χ0v) is 11.3. The summed E-state index contributed by atoms with van der Waals surface area (Å²) in [6, 6.07) is 6.02. The summed E-state index contributed by atoms with van der Waals surface area (Å²) < 4.78 is 0. The van der Waals surface area contributed by atoms with Gasteiger partial charge in [0.15, 0.2) is 0 Å². The van der Waals surface area contributed by atoms with Crippen LogP contribution in [0.25, 0.3) is 0 Å². The van der Waals surface area contributed by atoms with Gasteiger partial charge in [-0.25, -0.2) is 10.9 Å². The molecule has 5 heteroatoms. The van der Waals surface area contributed by atoms with Crippen molar-refractivity contribution in [3.8, 4) is 0 Å². The molecule has 1 aromatic carbocycles. The Hall–Kier alpha value is -1.10. The average molecular weight is 281 g/mol. The lowest BCUT2D eigenvalue weighted by atomic mass is 9.87. The van der Waals surface area contributed by atoms with Gasteiger partial charge in [-0.1, -0.05) is 18.2 Å². The molecule has 0 saturated carbocycles. The van der Waals surface area contributed by atoms with Gasteiger partial charge in [-0.05, 0) is 42.4 Å². The average Bonchev–Trinajstić information content (AvgIpc) is 2.80. The van der Waals surface area contributed by atoms with Gasteiger partial charge in [0, 0.05) is 0 Å². The van der Waals surface area contributed by atoms with Gasteiger partial charge in [-0.2, -0.15) is 0 Å². The van der Waals surface area contributed by atoms with E-state index in [9.17, 15) is 9.90 Å². The first-order valence-corrected chi connectivity index (χ1v) is 7.10. The van der Waals surface area contributed by atoms with Crippen LogP contribution in [0.4, 0.5) is 0 Å². The molecule has 1 aromatic rings. The zero-order chi connectivity index (χ0) is 13.4. The highest BCUT2D eigenvalue weighted by atomic mass is 35.5. The molecule has 0 bridgehead atoms. The van der Waals surface area contributed by atoms with E-state index >= 15 is 0 Å². The maximum absolute atomic E-state index is 11.3. The molecule has 1 saturated heterocycles. The van der Waals surface area contributed by atoms with Gasteiger partial charge in [-0.3, -0.25) is 4.79 Å². The van der Waals surface area contributed by atoms with Crippen LogP contribution in [0.3, 0.4) is 0 Å². The third kappa shape index (κ3) is 2.36. The fourth-order valence-corrected chi connectivity index (χ4v) is 3.34. The van der Waals surface area contributed by atoms with E-state index in [0.717, 1.165) is 18.4 Å². The molecule has 0 aromatic heterocycles. The quantitative estimate of drug-likeness (QED) is 0.573. The molecule has 3 N–H and O–H groups in total. The molecule has 0 amide bonds. The van der Waals surface area contributed by atoms with Crippen LogP contribution < -0.4 is 10.9 Å². The zero-order valence-electron chi connectivity index (χ0n) is 10.5. The fraction of sp³-hybridized carbons (Fsp3) is 0.500. The second-order valence-corrected chi connectivity index (χ2v) is 5.74. The first-order valence-electron chi connectivity index (χ1n) is 6.66. The smallest absolute Gasteiger partial charge is 0.311 e. The largest absolute Gasteiger partial charge is 0.481 e. The Labute approximate surface area is 117 Å². The number of halogens is 1. The topological polar surface area (TPSA) is 61.4 Å². The van der Waals surface area contributed by atoms with Crippen molar-refractivity contribution in [1.82, 2.24) is 10.9 Å². The monoisotopic (exact) mass is 280 g/mol. The minimum Gasteiger partial charge on any atom is -0.481 e. The van der Waals surface area contributed by atoms with Crippen molar-refractivity contribution in [1.29, 1.82) is 0 Å². The molecule has 19 heavy (non-hydrogen) atoms. The Morgan fingerprint density at radius 1 is 1.21 bits per heavy atom. The molecule has 3 rings (SSSR count). The standard InChI is InChI=1S/C14H17ClN2O2/c15-13-11(14(18)19)12(16-17-13)10-6-5-8-3-1-2-4-9(8)7-10/h5-7,11-13,16-17H,1-4H2,(H,18,19). The highest BCUT2D eigenvalue weighted by Gasteiger charge is 2.41. The van der Waals surface area contributed by atoms with E-state index in [-0.39, 0.29) is 6.04 Å². The predicted molar refractivity (Wildman–Crippen MR) is 72.9 cm³/mol. The van der Waals surface area contributed by atoms with E-state index in [1.54, 1.807) is 0 Å². The number of carbonyl (C=O) groups is 1. The van der Waals surface area contributed by atoms with E-state index in [4.69, 9.17) is 11.6 Å². The highest BCUT2D eigenvalue weighted by Crippen LogP contribution is 2.33. The molecule has 0 radical (unpaired) electrons. The predicted octanol–water partition coefficient (Wildman–Crippen LogP) is 1.98. The lowest BCUT2D eigenvalue weighted by Gasteiger charge is -2.21. The summed E-state index contributed by atoms with van der Waals surface area (Å²) in [5.41, 5.74) is 8.98. The van der Waals surface area contributed by atoms with Crippen LogP contribution in [-0.4, -0.2) is 16.6 Å². The van der Waals surface area contributed by atoms with Crippen molar-refractivity contribution in [2.75, 3.05) is 0 Å². The van der Waals surface area contributed by atoms with Crippen LogP contribution in [0, 0.1) is 5.92 Å². The van der Waals surface area contributed by atoms with Gasteiger partial charge in [0.05, 0.1) is 6.04 Å². The molecule has 3 unspecified atom stereocenters. The minimum atomic E-state index is -0.875. The van der Waals surface area contributed by atoms with Crippen molar-refractivity contribution in [3.63, 3.8) is 0 Å². The van der Waals surface area contributed by atoms with Crippen molar-refractivity contribution in [2.45, 2.75) is 37.2 Å². The van der Waals surface area contributed by atoms with Crippen LogP contribution in [0.2, 0.25) is 0 Å². The number of aliphatic carboxylic acids is 1. The molecule has 1 heterocycles. The first kappa shape index (κ1) is 12.9. The van der Waals surface area contributed by atoms with E-state index in [1.807, 2.05) is 6.07 Å². The number of carboxylic acid groups (broad SMARTS) is 1. The van der Waals surface area contributed by atoms with Gasteiger partial charge in [-0.15, -0.1) is 11.6 Å². The molecule has 102 valence electrons. The fourth-order valence-electron chi connectivity index (χ4n) is 3.02. The summed E-state index contributed by atoms with van der Waals surface area (Å²) in [6.07, 6.45) is 4.68. The summed E-state index contributed by atoms with van der Waals surface area (Å²) in [6.45, 7) is 0. The second kappa shape index (κ2) is 5.12. The SMILES string of the molecule is O=C(O)C1C(Cl)NNC1c1ccc2c(c1)CCCC2. The molecule has 1 aliphatic carbocycles. The number of rotatable bonds is 2. The number of carboxylic acids is 1. The third-order valence-electron chi connectivity index (χ3n) is 4.07. The van der Waals surface area contributed by atoms with E-state index in [2.05, 4.69) is 23.0 Å². The molecular weight excluding hydrogens is 264 g/mol. The molecule has 0 spiro atoms. The summed E-state index contributed by atoms with van der Waals surface area (Å²) >= 11 is 6.01. The number of aryl methyl sites for hydroxylation is 2. The van der Waals surface area contributed by atoms with E-state index in [0.29, 0.717) is 0 Å². The van der Waals surface area contributed by atoms with Crippen LogP contribution >= 0.6 is 11.6 Å². The molecule has 2 aliphatic rings. The molecule has 1 fully saturated rings. The Morgan fingerprint density at radius 3 is 2.68 bits per heavy atom. The molecule has 1 aliphatic heterocycles. The second-order valence-electron chi connectivity index (χ2n) is 5.27. The lowest BCUT2D eigenvalue weighted by molar-refractivity contribution is -0.141. The van der Waals surface area contributed by atoms with Crippen LogP contribution in [-0.2, 0) is 17.6 Å². The first-order chi connectivity index (χ1) is 9.16. The van der Waals surface area contributed by atoms with Crippen LogP contribution in [0.15, 0.2) is 18.2 Å². The van der Waals surface area contributed by atoms with Crippen molar-refractivity contribution in [2.24, 2.45) is 5.92 Å². The Bertz CT molecular complexity index is 506. The number of hydrogen-bond acceptors (Lipinski definition) is 3. The van der Waals surface area contributed by atoms with E-state index < -0.39 is 17.4 Å². The number of hydrazine groups is 1. The molecule has 3 atom stereocenters. The van der Waals surface area contributed by atoms with E-state index in [1.165, 1.54) is 24.0 Å². The number of fused-ring (bicyclic) bond motifs is 1. The lowest BCUT2D eigenvalue weighted by Crippen LogP contribution is -2.28. The van der Waals surface area contributed by atoms with Crippen LogP contribution in [0.5, 0.6) is 0 Å². The summed E-state index contributed by atoms with van der Waals surface area (Å²) in [5.74, 6) is -1.52. The molecule has 4 nitrogen and oxygen atoms in total. The molecular formula is C14H17ClN2O2. The summed E-state index contributed by atoms with van der Waals surface area (Å²) in [5, 5.41) is 9.29. The number of hydrogen-bond donors (Lipinski definition) is 3. The summed E-state index contributed by atoms with van der Waals surface area (Å²) in [7, 11) is 0. The Kier molecular flexibility index (Phi) is 3.48. The summed E-state index contributed by atoms with van der Waals surface area (Å²) in [4.78, 5) is 11.3. The normalized spacial score (nSPS) is 30.1. The minimum absolute atomic E-state index is 0.271. The highest BCUT2D eigenvalue weighted by molar-refractivity contribution is 6.21. The number of nitrogens with one attached hydrogen (secondary N) is 2. The maximum Gasteiger partial charge on any atom is 0.311 e.